The molecule has 0 radical (unpaired) electrons. The molecule has 5 aromatic carbocycles. The number of carbonyl (C=O) groups excluding carboxylic acids is 2. The minimum atomic E-state index is -5.23. The highest BCUT2D eigenvalue weighted by atomic mass is 79.9. The maximum Gasteiger partial charge on any atom is 0.471 e. The number of aromatic nitrogens is 2. The van der Waals surface area contributed by atoms with Crippen LogP contribution in [0.15, 0.2) is 150 Å². The number of halogens is 5. The Morgan fingerprint density at radius 2 is 1.45 bits per heavy atom. The van der Waals surface area contributed by atoms with Gasteiger partial charge in [0.05, 0.1) is 16.8 Å². The summed E-state index contributed by atoms with van der Waals surface area (Å²) in [4.78, 5) is 33.8. The number of ether oxygens (including phenoxy) is 1. The van der Waals surface area contributed by atoms with E-state index in [1.165, 1.54) is 12.1 Å². The SMILES string of the molecule is CN1CCN(c2ccc(C(=O)Nc3nn(C(c4ccccc4)(c4ccccc4)c4ccccc4)c4cc(Br)c(CC5(C)C=C(F)C=CC5)cc34)c(N(C(=O)C(F)(F)F)C3CCOCC3)c2)CC1. The number of hydrogen-bond acceptors (Lipinski definition) is 6. The van der Waals surface area contributed by atoms with Crippen LogP contribution in [0.1, 0.15) is 58.8 Å². The maximum absolute atomic E-state index is 15.2. The van der Waals surface area contributed by atoms with Gasteiger partial charge in [-0.2, -0.15) is 18.3 Å². The molecule has 6 aromatic rings. The normalized spacial score (nSPS) is 18.5. The Hall–Kier alpha value is -6.09. The lowest BCUT2D eigenvalue weighted by molar-refractivity contribution is -0.171. The summed E-state index contributed by atoms with van der Waals surface area (Å²) in [5, 5.41) is 8.95. The Labute approximate surface area is 395 Å². The lowest BCUT2D eigenvalue weighted by Gasteiger charge is -2.37. The first-order chi connectivity index (χ1) is 32.2. The first kappa shape index (κ1) is 46.0. The number of likely N-dealkylation sites (N-methyl/N-ethyl adjacent to an activating group) is 1. The lowest BCUT2D eigenvalue weighted by Crippen LogP contribution is -2.50. The van der Waals surface area contributed by atoms with E-state index in [0.717, 1.165) is 44.7 Å². The van der Waals surface area contributed by atoms with E-state index < -0.39 is 35.0 Å². The van der Waals surface area contributed by atoms with Gasteiger partial charge in [0, 0.05) is 61.0 Å². The Morgan fingerprint density at radius 1 is 0.851 bits per heavy atom. The van der Waals surface area contributed by atoms with Crippen LogP contribution < -0.4 is 15.1 Å². The van der Waals surface area contributed by atoms with Crippen LogP contribution in [-0.2, 0) is 21.5 Å². The van der Waals surface area contributed by atoms with Gasteiger partial charge in [-0.3, -0.25) is 9.59 Å². The van der Waals surface area contributed by atoms with Crippen molar-refractivity contribution in [3.05, 3.63) is 178 Å². The summed E-state index contributed by atoms with van der Waals surface area (Å²) in [5.41, 5.74) is 2.70. The number of benzene rings is 5. The van der Waals surface area contributed by atoms with Gasteiger partial charge in [-0.1, -0.05) is 120 Å². The number of fused-ring (bicyclic) bond motifs is 1. The summed E-state index contributed by atoms with van der Waals surface area (Å²) < 4.78 is 67.2. The molecule has 2 amide bonds. The fourth-order valence-electron chi connectivity index (χ4n) is 9.91. The van der Waals surface area contributed by atoms with Gasteiger partial charge < -0.3 is 24.8 Å². The third-order valence-electron chi connectivity index (χ3n) is 13.3. The molecule has 2 fully saturated rings. The number of nitrogens with zero attached hydrogens (tertiary/aromatic N) is 5. The van der Waals surface area contributed by atoms with E-state index in [2.05, 4.69) is 31.0 Å². The van der Waals surface area contributed by atoms with Crippen molar-refractivity contribution in [2.75, 3.05) is 61.6 Å². The second kappa shape index (κ2) is 18.9. The number of carbonyl (C=O) groups is 2. The molecule has 1 N–H and O–H groups in total. The molecule has 3 aliphatic rings. The number of amides is 2. The number of alkyl halides is 3. The Balaban J connectivity index is 1.26. The molecule has 1 aromatic heterocycles. The van der Waals surface area contributed by atoms with Gasteiger partial charge in [0.15, 0.2) is 5.82 Å². The Bertz CT molecular complexity index is 2730. The number of hydrogen-bond donors (Lipinski definition) is 1. The van der Waals surface area contributed by atoms with Crippen LogP contribution in [0.2, 0.25) is 0 Å². The second-order valence-corrected chi connectivity index (χ2v) is 18.8. The van der Waals surface area contributed by atoms with Gasteiger partial charge >= 0.3 is 12.1 Å². The van der Waals surface area contributed by atoms with Gasteiger partial charge in [0.1, 0.15) is 11.4 Å². The standard InChI is InChI=1S/C53H51BrF4N6O3/c1-51(24-12-19-40(55)35-51)34-36-31-44-47(33-45(36)54)64(52(37-13-6-3-7-14-37,38-15-8-4-9-16-38)39-17-10-5-11-18-39)60-48(44)59-49(65)43-21-20-42(62-27-25-61(2)26-28-62)32-46(43)63(50(66)53(56,57)58)41-22-29-67-30-23-41/h3-21,31-33,35,41H,22-30,34H2,1-2H3,(H,59,60,65). The van der Waals surface area contributed by atoms with Crippen LogP contribution in [0.3, 0.4) is 0 Å². The van der Waals surface area contributed by atoms with E-state index in [0.29, 0.717) is 42.5 Å². The number of piperazine rings is 1. The molecule has 67 heavy (non-hydrogen) atoms. The van der Waals surface area contributed by atoms with E-state index in [-0.39, 0.29) is 49.0 Å². The van der Waals surface area contributed by atoms with E-state index in [9.17, 15) is 22.4 Å². The van der Waals surface area contributed by atoms with Crippen molar-refractivity contribution in [2.45, 2.75) is 50.4 Å². The van der Waals surface area contributed by atoms with Crippen LogP contribution >= 0.6 is 15.9 Å². The van der Waals surface area contributed by atoms with Crippen molar-refractivity contribution in [1.29, 1.82) is 0 Å². The van der Waals surface area contributed by atoms with Crippen LogP contribution in [0.4, 0.5) is 34.8 Å². The zero-order valence-corrected chi connectivity index (χ0v) is 38.9. The molecule has 0 saturated carbocycles. The minimum Gasteiger partial charge on any atom is -0.381 e. The fourth-order valence-corrected chi connectivity index (χ4v) is 10.4. The summed E-state index contributed by atoms with van der Waals surface area (Å²) in [7, 11) is 2.01. The van der Waals surface area contributed by atoms with Gasteiger partial charge in [0.25, 0.3) is 5.91 Å². The molecule has 1 unspecified atom stereocenters. The molecular weight excluding hydrogens is 925 g/mol. The van der Waals surface area contributed by atoms with Gasteiger partial charge in [-0.25, -0.2) is 9.07 Å². The van der Waals surface area contributed by atoms with Gasteiger partial charge in [-0.15, -0.1) is 0 Å². The molecule has 9 rings (SSSR count). The van der Waals surface area contributed by atoms with Crippen LogP contribution in [0.5, 0.6) is 0 Å². The highest BCUT2D eigenvalue weighted by molar-refractivity contribution is 9.10. The van der Waals surface area contributed by atoms with Crippen molar-refractivity contribution in [1.82, 2.24) is 14.7 Å². The van der Waals surface area contributed by atoms with Gasteiger partial charge in [0.2, 0.25) is 0 Å². The quantitative estimate of drug-likeness (QED) is 0.103. The highest BCUT2D eigenvalue weighted by Crippen LogP contribution is 2.46. The summed E-state index contributed by atoms with van der Waals surface area (Å²) in [6.45, 7) is 4.99. The largest absolute Gasteiger partial charge is 0.471 e. The van der Waals surface area contributed by atoms with E-state index in [1.807, 2.05) is 128 Å². The van der Waals surface area contributed by atoms with Crippen LogP contribution in [0.25, 0.3) is 10.9 Å². The number of rotatable bonds is 11. The predicted octanol–water partition coefficient (Wildman–Crippen LogP) is 11.1. The lowest BCUT2D eigenvalue weighted by atomic mass is 9.76. The fraction of sp³-hybridized carbons (Fsp3) is 0.302. The first-order valence-corrected chi connectivity index (χ1v) is 23.3. The van der Waals surface area contributed by atoms with Crippen molar-refractivity contribution in [3.8, 4) is 0 Å². The molecule has 1 atom stereocenters. The Morgan fingerprint density at radius 3 is 2.01 bits per heavy atom. The zero-order valence-electron chi connectivity index (χ0n) is 37.3. The molecule has 3 heterocycles. The molecule has 0 bridgehead atoms. The van der Waals surface area contributed by atoms with Gasteiger partial charge in [-0.05, 0) is 103 Å². The molecule has 14 heteroatoms. The van der Waals surface area contributed by atoms with Crippen molar-refractivity contribution >= 4 is 55.8 Å². The summed E-state index contributed by atoms with van der Waals surface area (Å²) in [5.74, 6) is -2.98. The third kappa shape index (κ3) is 9.18. The number of allylic oxidation sites excluding steroid dienone is 4. The third-order valence-corrected chi connectivity index (χ3v) is 14.0. The second-order valence-electron chi connectivity index (χ2n) is 18.0. The molecule has 9 nitrogen and oxygen atoms in total. The van der Waals surface area contributed by atoms with Crippen molar-refractivity contribution in [2.24, 2.45) is 5.41 Å². The van der Waals surface area contributed by atoms with Crippen LogP contribution in [-0.4, -0.2) is 85.2 Å². The number of anilines is 3. The zero-order chi connectivity index (χ0) is 46.9. The molecule has 2 saturated heterocycles. The van der Waals surface area contributed by atoms with Crippen molar-refractivity contribution < 1.29 is 31.9 Å². The molecule has 0 spiro atoms. The minimum absolute atomic E-state index is 0.121. The monoisotopic (exact) mass is 974 g/mol. The highest BCUT2D eigenvalue weighted by Gasteiger charge is 2.47. The average molecular weight is 976 g/mol. The summed E-state index contributed by atoms with van der Waals surface area (Å²) >= 11 is 3.88. The topological polar surface area (TPSA) is 82.9 Å². The average Bonchev–Trinajstić information content (AvgIpc) is 3.66. The summed E-state index contributed by atoms with van der Waals surface area (Å²) in [6, 6.07) is 37.6. The molecular formula is C53H51BrF4N6O3. The molecule has 346 valence electrons. The summed E-state index contributed by atoms with van der Waals surface area (Å²) in [6.07, 6.45) is 1.02. The smallest absolute Gasteiger partial charge is 0.381 e. The van der Waals surface area contributed by atoms with E-state index in [4.69, 9.17) is 9.84 Å². The van der Waals surface area contributed by atoms with Crippen molar-refractivity contribution in [3.63, 3.8) is 0 Å². The Kier molecular flexibility index (Phi) is 13.0. The number of nitrogens with one attached hydrogen (secondary N) is 1. The predicted molar refractivity (Wildman–Crippen MR) is 258 cm³/mol. The van der Waals surface area contributed by atoms with E-state index >= 15 is 4.79 Å². The molecule has 2 aliphatic heterocycles. The van der Waals surface area contributed by atoms with Crippen LogP contribution in [0, 0.1) is 5.41 Å². The maximum atomic E-state index is 15.2. The molecule has 1 aliphatic carbocycles. The first-order valence-electron chi connectivity index (χ1n) is 22.6. The van der Waals surface area contributed by atoms with E-state index in [1.54, 1.807) is 18.2 Å².